The van der Waals surface area contributed by atoms with Crippen molar-refractivity contribution in [3.8, 4) is 0 Å². The van der Waals surface area contributed by atoms with E-state index in [1.165, 1.54) is 18.4 Å². The maximum Gasteiger partial charge on any atom is 0.194 e. The Morgan fingerprint density at radius 2 is 1.85 bits per heavy atom. The van der Waals surface area contributed by atoms with E-state index in [1.807, 2.05) is 36.4 Å². The van der Waals surface area contributed by atoms with Gasteiger partial charge in [0.15, 0.2) is 11.9 Å². The summed E-state index contributed by atoms with van der Waals surface area (Å²) in [5.41, 5.74) is 5.91. The summed E-state index contributed by atoms with van der Waals surface area (Å²) in [6.45, 7) is 0. The number of carbonyl (C=O) groups excluding carboxylic acids is 1. The van der Waals surface area contributed by atoms with Crippen LogP contribution in [0.1, 0.15) is 32.1 Å². The minimum Gasteiger partial charge on any atom is -0.291 e. The molecule has 0 amide bonds. The molecule has 3 nitrogen and oxygen atoms in total. The predicted molar refractivity (Wildman–Crippen MR) is 79.2 cm³/mol. The molecule has 0 spiro atoms. The second-order valence-corrected chi connectivity index (χ2v) is 5.29. The molecule has 2 aliphatic rings. The Morgan fingerprint density at radius 1 is 1.05 bits per heavy atom. The summed E-state index contributed by atoms with van der Waals surface area (Å²) < 4.78 is 0. The maximum atomic E-state index is 12.5. The molecule has 0 saturated heterocycles. The Hall–Kier alpha value is -1.87. The fourth-order valence-corrected chi connectivity index (χ4v) is 2.76. The van der Waals surface area contributed by atoms with Crippen LogP contribution in [0.25, 0.3) is 0 Å². The number of hydrogen-bond donors (Lipinski definition) is 1. The van der Waals surface area contributed by atoms with Gasteiger partial charge in [-0.05, 0) is 49.5 Å². The zero-order valence-corrected chi connectivity index (χ0v) is 11.5. The molecule has 0 heterocycles. The summed E-state index contributed by atoms with van der Waals surface area (Å²) in [6, 6.07) is 9.62. The van der Waals surface area contributed by atoms with E-state index >= 15 is 0 Å². The van der Waals surface area contributed by atoms with Gasteiger partial charge in [0.25, 0.3) is 0 Å². The molecule has 2 aliphatic carbocycles. The first-order valence-corrected chi connectivity index (χ1v) is 7.26. The highest BCUT2D eigenvalue weighted by molar-refractivity contribution is 6.02. The number of Topliss-reactive ketones (excluding diaryl/α,β-unsaturated/α-hetero) is 1. The van der Waals surface area contributed by atoms with Gasteiger partial charge < -0.3 is 0 Å². The van der Waals surface area contributed by atoms with Crippen molar-refractivity contribution >= 4 is 11.5 Å². The second-order valence-electron chi connectivity index (χ2n) is 5.29. The lowest BCUT2D eigenvalue weighted by Crippen LogP contribution is -2.29. The van der Waals surface area contributed by atoms with Crippen LogP contribution in [0, 0.1) is 0 Å². The molecular weight excluding hydrogens is 250 g/mol. The lowest BCUT2D eigenvalue weighted by molar-refractivity contribution is -0.123. The van der Waals surface area contributed by atoms with E-state index in [0.717, 1.165) is 30.5 Å². The predicted octanol–water partition coefficient (Wildman–Crippen LogP) is 3.80. The Bertz CT molecular complexity index is 545. The summed E-state index contributed by atoms with van der Waals surface area (Å²) in [5, 5.41) is 0. The Balaban J connectivity index is 1.66. The number of hydrogen-bond acceptors (Lipinski definition) is 3. The highest BCUT2D eigenvalue weighted by Crippen LogP contribution is 2.29. The van der Waals surface area contributed by atoms with Crippen molar-refractivity contribution < 1.29 is 9.63 Å². The van der Waals surface area contributed by atoms with Crippen molar-refractivity contribution in [2.75, 3.05) is 5.48 Å². The molecule has 0 aliphatic heterocycles. The SMILES string of the molecule is O=C1C2=C(C=CC1ONc1ccccc1)CCCCC2. The lowest BCUT2D eigenvalue weighted by Gasteiger charge is -2.20. The normalized spacial score (nSPS) is 22.4. The third-order valence-corrected chi connectivity index (χ3v) is 3.87. The smallest absolute Gasteiger partial charge is 0.194 e. The first-order chi connectivity index (χ1) is 9.84. The zero-order valence-electron chi connectivity index (χ0n) is 11.5. The minimum absolute atomic E-state index is 0.118. The van der Waals surface area contributed by atoms with E-state index in [-0.39, 0.29) is 5.78 Å². The molecule has 0 bridgehead atoms. The number of rotatable bonds is 3. The number of carbonyl (C=O) groups is 1. The number of anilines is 1. The van der Waals surface area contributed by atoms with Gasteiger partial charge in [0, 0.05) is 5.57 Å². The number of nitrogens with one attached hydrogen (secondary N) is 1. The van der Waals surface area contributed by atoms with Gasteiger partial charge in [-0.3, -0.25) is 15.1 Å². The topological polar surface area (TPSA) is 38.3 Å². The van der Waals surface area contributed by atoms with Crippen molar-refractivity contribution in [2.24, 2.45) is 0 Å². The number of para-hydroxylation sites is 1. The zero-order chi connectivity index (χ0) is 13.8. The molecule has 3 rings (SSSR count). The quantitative estimate of drug-likeness (QED) is 0.848. The van der Waals surface area contributed by atoms with Crippen LogP contribution >= 0.6 is 0 Å². The van der Waals surface area contributed by atoms with Gasteiger partial charge in [-0.25, -0.2) is 0 Å². The van der Waals surface area contributed by atoms with Crippen LogP contribution in [0.4, 0.5) is 5.69 Å². The monoisotopic (exact) mass is 269 g/mol. The molecule has 1 N–H and O–H groups in total. The molecule has 3 heteroatoms. The summed E-state index contributed by atoms with van der Waals surface area (Å²) in [6.07, 6.45) is 8.85. The summed E-state index contributed by atoms with van der Waals surface area (Å²) in [7, 11) is 0. The van der Waals surface area contributed by atoms with Gasteiger partial charge in [-0.2, -0.15) is 0 Å². The molecule has 1 aromatic carbocycles. The second kappa shape index (κ2) is 6.06. The third-order valence-electron chi connectivity index (χ3n) is 3.87. The molecule has 1 atom stereocenters. The largest absolute Gasteiger partial charge is 0.291 e. The standard InChI is InChI=1S/C17H19NO2/c19-17-15-10-6-1-3-7-13(15)11-12-16(17)20-18-14-8-4-2-5-9-14/h2,4-5,8-9,11-12,16,18H,1,3,6-7,10H2. The van der Waals surface area contributed by atoms with E-state index in [4.69, 9.17) is 4.84 Å². The fourth-order valence-electron chi connectivity index (χ4n) is 2.76. The van der Waals surface area contributed by atoms with Crippen molar-refractivity contribution in [1.82, 2.24) is 0 Å². The van der Waals surface area contributed by atoms with Crippen molar-refractivity contribution in [1.29, 1.82) is 0 Å². The van der Waals surface area contributed by atoms with Crippen molar-refractivity contribution in [3.05, 3.63) is 53.6 Å². The molecule has 0 saturated carbocycles. The summed E-state index contributed by atoms with van der Waals surface area (Å²) in [4.78, 5) is 18.0. The molecule has 1 aromatic rings. The van der Waals surface area contributed by atoms with E-state index in [9.17, 15) is 4.79 Å². The first kappa shape index (κ1) is 13.1. The van der Waals surface area contributed by atoms with Gasteiger partial charge in [0.05, 0.1) is 5.69 Å². The molecule has 0 aromatic heterocycles. The highest BCUT2D eigenvalue weighted by Gasteiger charge is 2.27. The van der Waals surface area contributed by atoms with E-state index in [2.05, 4.69) is 11.6 Å². The van der Waals surface area contributed by atoms with Crippen LogP contribution in [0.2, 0.25) is 0 Å². The highest BCUT2D eigenvalue weighted by atomic mass is 16.7. The van der Waals surface area contributed by atoms with Crippen LogP contribution in [-0.2, 0) is 9.63 Å². The molecule has 0 radical (unpaired) electrons. The lowest BCUT2D eigenvalue weighted by atomic mass is 9.91. The number of ketones is 1. The van der Waals surface area contributed by atoms with Crippen LogP contribution in [0.15, 0.2) is 53.6 Å². The minimum atomic E-state index is -0.507. The maximum absolute atomic E-state index is 12.5. The van der Waals surface area contributed by atoms with Crippen molar-refractivity contribution in [2.45, 2.75) is 38.2 Å². The van der Waals surface area contributed by atoms with Gasteiger partial charge >= 0.3 is 0 Å². The number of allylic oxidation sites excluding steroid dienone is 2. The van der Waals surface area contributed by atoms with Crippen molar-refractivity contribution in [3.63, 3.8) is 0 Å². The van der Waals surface area contributed by atoms with Crippen LogP contribution in [-0.4, -0.2) is 11.9 Å². The molecule has 0 fully saturated rings. The average molecular weight is 269 g/mol. The van der Waals surface area contributed by atoms with E-state index in [1.54, 1.807) is 0 Å². The van der Waals surface area contributed by atoms with Gasteiger partial charge in [-0.15, -0.1) is 0 Å². The molecule has 104 valence electrons. The van der Waals surface area contributed by atoms with E-state index < -0.39 is 6.10 Å². The Morgan fingerprint density at radius 3 is 2.70 bits per heavy atom. The van der Waals surface area contributed by atoms with Crippen LogP contribution in [0.3, 0.4) is 0 Å². The van der Waals surface area contributed by atoms with Gasteiger partial charge in [0.1, 0.15) is 0 Å². The summed E-state index contributed by atoms with van der Waals surface area (Å²) in [5.74, 6) is 0.118. The van der Waals surface area contributed by atoms with Gasteiger partial charge in [-0.1, -0.05) is 30.7 Å². The Kier molecular flexibility index (Phi) is 3.97. The molecule has 1 unspecified atom stereocenters. The van der Waals surface area contributed by atoms with E-state index in [0.29, 0.717) is 0 Å². The molecular formula is C17H19NO2. The van der Waals surface area contributed by atoms with Crippen LogP contribution < -0.4 is 5.48 Å². The van der Waals surface area contributed by atoms with Crippen LogP contribution in [0.5, 0.6) is 0 Å². The molecule has 20 heavy (non-hydrogen) atoms. The summed E-state index contributed by atoms with van der Waals surface area (Å²) >= 11 is 0. The Labute approximate surface area is 119 Å². The fraction of sp³-hybridized carbons (Fsp3) is 0.353. The van der Waals surface area contributed by atoms with Gasteiger partial charge in [0.2, 0.25) is 0 Å². The average Bonchev–Trinajstić information content (AvgIpc) is 2.74. The first-order valence-electron chi connectivity index (χ1n) is 7.26. The third kappa shape index (κ3) is 2.83. The number of benzene rings is 1.